The lowest BCUT2D eigenvalue weighted by atomic mass is 10.0. The van der Waals surface area contributed by atoms with Crippen LogP contribution in [0.5, 0.6) is 0 Å². The van der Waals surface area contributed by atoms with E-state index in [9.17, 15) is 14.4 Å². The number of nitrogens with one attached hydrogen (secondary N) is 3. The highest BCUT2D eigenvalue weighted by Crippen LogP contribution is 2.33. The second-order valence-corrected chi connectivity index (χ2v) is 8.37. The maximum atomic E-state index is 11.8. The third-order valence-corrected chi connectivity index (χ3v) is 6.00. The smallest absolute Gasteiger partial charge is 0.450 e. The first kappa shape index (κ1) is 19.7. The fourth-order valence-electron chi connectivity index (χ4n) is 3.15. The molecule has 2 aliphatic rings. The maximum absolute atomic E-state index is 11.8. The molecule has 0 saturated carbocycles. The van der Waals surface area contributed by atoms with Gasteiger partial charge in [-0.15, -0.1) is 0 Å². The van der Waals surface area contributed by atoms with Crippen molar-refractivity contribution in [2.75, 3.05) is 12.3 Å². The van der Waals surface area contributed by atoms with Gasteiger partial charge in [-0.05, 0) is 26.7 Å². The van der Waals surface area contributed by atoms with Crippen LogP contribution in [-0.2, 0) is 9.53 Å². The average Bonchev–Trinajstić information content (AvgIpc) is 3.01. The van der Waals surface area contributed by atoms with E-state index in [1.807, 2.05) is 11.8 Å². The average molecular weight is 373 g/mol. The molecule has 0 aromatic heterocycles. The van der Waals surface area contributed by atoms with Gasteiger partial charge in [-0.25, -0.2) is 9.59 Å². The molecule has 2 heterocycles. The Morgan fingerprint density at radius 2 is 2.12 bits per heavy atom. The molecule has 4 N–H and O–H groups in total. The number of fused-ring (bicyclic) bond motifs is 1. The van der Waals surface area contributed by atoms with Gasteiger partial charge in [-0.3, -0.25) is 4.79 Å². The van der Waals surface area contributed by atoms with Gasteiger partial charge in [0.25, 0.3) is 0 Å². The van der Waals surface area contributed by atoms with Gasteiger partial charge in [-0.1, -0.05) is 6.42 Å². The number of amides is 3. The fourth-order valence-corrected chi connectivity index (χ4v) is 4.70. The van der Waals surface area contributed by atoms with Crippen LogP contribution in [-0.4, -0.2) is 58.4 Å². The molecule has 8 nitrogen and oxygen atoms in total. The molecular weight excluding hydrogens is 346 g/mol. The van der Waals surface area contributed by atoms with E-state index in [-0.39, 0.29) is 24.0 Å². The van der Waals surface area contributed by atoms with E-state index in [0.717, 1.165) is 25.0 Å². The summed E-state index contributed by atoms with van der Waals surface area (Å²) in [5.74, 6) is 0.918. The summed E-state index contributed by atoms with van der Waals surface area (Å²) in [6, 6.07) is 0.374. The number of carboxylic acid groups (broad SMARTS) is 1. The van der Waals surface area contributed by atoms with Gasteiger partial charge in [0.2, 0.25) is 5.91 Å². The Balaban J connectivity index is 1.54. The van der Waals surface area contributed by atoms with E-state index in [1.54, 1.807) is 13.8 Å². The Bertz CT molecular complexity index is 514. The van der Waals surface area contributed by atoms with Crippen molar-refractivity contribution in [3.05, 3.63) is 0 Å². The number of unbranched alkanes of at least 4 members (excludes halogenated alkanes) is 1. The minimum atomic E-state index is -1.31. The van der Waals surface area contributed by atoms with Crippen molar-refractivity contribution in [1.29, 1.82) is 0 Å². The van der Waals surface area contributed by atoms with Crippen molar-refractivity contribution in [3.63, 3.8) is 0 Å². The van der Waals surface area contributed by atoms with Crippen molar-refractivity contribution in [1.82, 2.24) is 16.0 Å². The third-order valence-electron chi connectivity index (χ3n) is 4.49. The Kier molecular flexibility index (Phi) is 6.80. The molecule has 0 spiro atoms. The van der Waals surface area contributed by atoms with Gasteiger partial charge in [0.05, 0.1) is 12.1 Å². The number of rotatable bonds is 9. The van der Waals surface area contributed by atoms with E-state index in [0.29, 0.717) is 24.6 Å². The minimum Gasteiger partial charge on any atom is -0.450 e. The number of hydrogen-bond acceptors (Lipinski definition) is 5. The number of urea groups is 1. The first-order valence-corrected chi connectivity index (χ1v) is 9.69. The lowest BCUT2D eigenvalue weighted by molar-refractivity contribution is -0.121. The minimum absolute atomic E-state index is 0.0288. The van der Waals surface area contributed by atoms with Gasteiger partial charge in [0.1, 0.15) is 5.60 Å². The summed E-state index contributed by atoms with van der Waals surface area (Å²) >= 11 is 1.88. The molecule has 9 heteroatoms. The highest BCUT2D eigenvalue weighted by Gasteiger charge is 2.42. The van der Waals surface area contributed by atoms with E-state index >= 15 is 0 Å². The molecule has 0 radical (unpaired) electrons. The van der Waals surface area contributed by atoms with Crippen LogP contribution in [0.25, 0.3) is 0 Å². The first-order chi connectivity index (χ1) is 11.8. The SMILES string of the molecule is CC(C)(CCNC(=O)CCCCC1SCC2NC(=O)NC21)OC(=O)O. The molecule has 2 fully saturated rings. The molecule has 3 atom stereocenters. The molecule has 142 valence electrons. The maximum Gasteiger partial charge on any atom is 0.506 e. The Hall–Kier alpha value is -1.64. The number of hydrogen-bond donors (Lipinski definition) is 4. The van der Waals surface area contributed by atoms with Gasteiger partial charge < -0.3 is 25.8 Å². The van der Waals surface area contributed by atoms with Crippen molar-refractivity contribution in [2.45, 2.75) is 68.9 Å². The summed E-state index contributed by atoms with van der Waals surface area (Å²) in [5.41, 5.74) is -0.810. The van der Waals surface area contributed by atoms with Crippen LogP contribution in [0.4, 0.5) is 9.59 Å². The summed E-state index contributed by atoms with van der Waals surface area (Å²) in [6.45, 7) is 3.74. The summed E-state index contributed by atoms with van der Waals surface area (Å²) < 4.78 is 4.74. The van der Waals surface area contributed by atoms with E-state index in [4.69, 9.17) is 9.84 Å². The predicted octanol–water partition coefficient (Wildman–Crippen LogP) is 1.69. The summed E-state index contributed by atoms with van der Waals surface area (Å²) in [5, 5.41) is 17.7. The number of carbonyl (C=O) groups excluding carboxylic acids is 2. The quantitative estimate of drug-likeness (QED) is 0.278. The number of ether oxygens (including phenoxy) is 1. The molecule has 2 rings (SSSR count). The molecule has 2 saturated heterocycles. The van der Waals surface area contributed by atoms with Crippen molar-refractivity contribution in [3.8, 4) is 0 Å². The molecule has 2 aliphatic heterocycles. The topological polar surface area (TPSA) is 117 Å². The normalized spacial score (nSPS) is 25.0. The summed E-state index contributed by atoms with van der Waals surface area (Å²) in [4.78, 5) is 33.7. The summed E-state index contributed by atoms with van der Waals surface area (Å²) in [6.07, 6.45) is 2.31. The van der Waals surface area contributed by atoms with Crippen LogP contribution < -0.4 is 16.0 Å². The van der Waals surface area contributed by atoms with Crippen molar-refractivity contribution >= 4 is 29.9 Å². The van der Waals surface area contributed by atoms with Crippen LogP contribution in [0, 0.1) is 0 Å². The standard InChI is InChI=1S/C16H27N3O5S/c1-16(2,24-15(22)23)7-8-17-12(20)6-4-3-5-11-13-10(9-25-11)18-14(21)19-13/h10-11,13H,3-9H2,1-2H3,(H,17,20)(H,22,23)(H2,18,19,21). The van der Waals surface area contributed by atoms with Crippen LogP contribution in [0.1, 0.15) is 46.0 Å². The molecule has 0 aromatic rings. The highest BCUT2D eigenvalue weighted by atomic mass is 32.2. The lowest BCUT2D eigenvalue weighted by Gasteiger charge is -2.23. The zero-order chi connectivity index (χ0) is 18.4. The van der Waals surface area contributed by atoms with Crippen LogP contribution in [0.15, 0.2) is 0 Å². The molecular formula is C16H27N3O5S. The zero-order valence-corrected chi connectivity index (χ0v) is 15.5. The van der Waals surface area contributed by atoms with Crippen molar-refractivity contribution in [2.24, 2.45) is 0 Å². The third kappa shape index (κ3) is 6.30. The van der Waals surface area contributed by atoms with Gasteiger partial charge in [0, 0.05) is 30.4 Å². The zero-order valence-electron chi connectivity index (χ0n) is 14.7. The molecule has 0 aromatic carbocycles. The highest BCUT2D eigenvalue weighted by molar-refractivity contribution is 8.00. The Labute approximate surface area is 151 Å². The Morgan fingerprint density at radius 3 is 2.84 bits per heavy atom. The van der Waals surface area contributed by atoms with Crippen LogP contribution in [0.2, 0.25) is 0 Å². The molecule has 0 aliphatic carbocycles. The lowest BCUT2D eigenvalue weighted by Crippen LogP contribution is -2.36. The molecule has 0 bridgehead atoms. The van der Waals surface area contributed by atoms with Crippen molar-refractivity contribution < 1.29 is 24.2 Å². The molecule has 3 unspecified atom stereocenters. The fraction of sp³-hybridized carbons (Fsp3) is 0.812. The predicted molar refractivity (Wildman–Crippen MR) is 94.8 cm³/mol. The second kappa shape index (κ2) is 8.64. The van der Waals surface area contributed by atoms with Crippen LogP contribution in [0.3, 0.4) is 0 Å². The number of carbonyl (C=O) groups is 3. The van der Waals surface area contributed by atoms with Crippen LogP contribution >= 0.6 is 11.8 Å². The Morgan fingerprint density at radius 1 is 1.36 bits per heavy atom. The second-order valence-electron chi connectivity index (χ2n) is 7.10. The summed E-state index contributed by atoms with van der Waals surface area (Å²) in [7, 11) is 0. The number of thioether (sulfide) groups is 1. The monoisotopic (exact) mass is 373 g/mol. The first-order valence-electron chi connectivity index (χ1n) is 8.64. The van der Waals surface area contributed by atoms with E-state index < -0.39 is 11.8 Å². The molecule has 3 amide bonds. The molecule has 25 heavy (non-hydrogen) atoms. The largest absolute Gasteiger partial charge is 0.506 e. The van der Waals surface area contributed by atoms with Gasteiger partial charge >= 0.3 is 12.2 Å². The van der Waals surface area contributed by atoms with E-state index in [1.165, 1.54) is 0 Å². The van der Waals surface area contributed by atoms with Gasteiger partial charge in [-0.2, -0.15) is 11.8 Å². The van der Waals surface area contributed by atoms with Gasteiger partial charge in [0.15, 0.2) is 0 Å². The van der Waals surface area contributed by atoms with E-state index in [2.05, 4.69) is 16.0 Å².